The fraction of sp³-hybridized carbons (Fsp3) is 0.400. The number of aliphatic carboxylic acids is 1. The molecule has 1 aromatic carbocycles. The molecule has 0 heterocycles. The smallest absolute Gasteiger partial charge is 0.313 e. The summed E-state index contributed by atoms with van der Waals surface area (Å²) >= 11 is 0. The van der Waals surface area contributed by atoms with Crippen molar-refractivity contribution < 1.29 is 19.5 Å². The van der Waals surface area contributed by atoms with Crippen molar-refractivity contribution in [3.8, 4) is 0 Å². The van der Waals surface area contributed by atoms with Gasteiger partial charge in [0.25, 0.3) is 0 Å². The van der Waals surface area contributed by atoms with Crippen LogP contribution in [0, 0.1) is 0 Å². The van der Waals surface area contributed by atoms with Gasteiger partial charge in [-0.15, -0.1) is 0 Å². The van der Waals surface area contributed by atoms with Gasteiger partial charge in [-0.05, 0) is 38.5 Å². The fourth-order valence-corrected chi connectivity index (χ4v) is 1.71. The molecular weight excluding hydrogens is 272 g/mol. The van der Waals surface area contributed by atoms with Gasteiger partial charge in [-0.3, -0.25) is 14.4 Å². The monoisotopic (exact) mass is 292 g/mol. The number of carbonyl (C=O) groups excluding carboxylic acids is 2. The molecule has 0 saturated heterocycles. The molecule has 0 aliphatic carbocycles. The minimum Gasteiger partial charge on any atom is -0.481 e. The third-order valence-corrected chi connectivity index (χ3v) is 3.22. The summed E-state index contributed by atoms with van der Waals surface area (Å²) in [6.07, 6.45) is 0. The molecule has 0 spiro atoms. The topological polar surface area (TPSA) is 95.5 Å². The van der Waals surface area contributed by atoms with Crippen molar-refractivity contribution in [2.45, 2.75) is 39.2 Å². The first-order valence-electron chi connectivity index (χ1n) is 6.56. The maximum Gasteiger partial charge on any atom is 0.313 e. The summed E-state index contributed by atoms with van der Waals surface area (Å²) < 4.78 is 0. The summed E-state index contributed by atoms with van der Waals surface area (Å²) in [7, 11) is 0. The summed E-state index contributed by atoms with van der Waals surface area (Å²) in [4.78, 5) is 33.9. The highest BCUT2D eigenvalue weighted by molar-refractivity contribution is 5.96. The Balaban J connectivity index is 2.78. The van der Waals surface area contributed by atoms with Crippen LogP contribution in [0.15, 0.2) is 24.3 Å². The lowest BCUT2D eigenvalue weighted by molar-refractivity contribution is -0.142. The van der Waals surface area contributed by atoms with Crippen molar-refractivity contribution in [3.05, 3.63) is 29.8 Å². The molecule has 1 atom stereocenters. The highest BCUT2D eigenvalue weighted by atomic mass is 16.4. The number of amides is 2. The summed E-state index contributed by atoms with van der Waals surface area (Å²) in [5.41, 5.74) is 0.191. The number of hydrogen-bond donors (Lipinski definition) is 3. The van der Waals surface area contributed by atoms with Crippen molar-refractivity contribution in [3.63, 3.8) is 0 Å². The summed E-state index contributed by atoms with van der Waals surface area (Å²) in [6, 6.07) is 5.95. The quantitative estimate of drug-likeness (QED) is 0.766. The number of carboxylic acid groups (broad SMARTS) is 1. The molecule has 0 aliphatic heterocycles. The van der Waals surface area contributed by atoms with E-state index in [2.05, 4.69) is 10.6 Å². The van der Waals surface area contributed by atoms with Crippen LogP contribution in [0.5, 0.6) is 0 Å². The van der Waals surface area contributed by atoms with E-state index < -0.39 is 17.4 Å². The predicted octanol–water partition coefficient (Wildman–Crippen LogP) is 1.51. The molecule has 1 rings (SSSR count). The molecule has 114 valence electrons. The summed E-state index contributed by atoms with van der Waals surface area (Å²) in [5.74, 6) is -1.54. The SMILES string of the molecule is CC(=O)NC(C)C(=O)Nc1ccc(C(C)(C)C(=O)O)cc1. The second-order valence-corrected chi connectivity index (χ2v) is 5.42. The zero-order valence-corrected chi connectivity index (χ0v) is 12.6. The number of nitrogens with one attached hydrogen (secondary N) is 2. The average Bonchev–Trinajstić information content (AvgIpc) is 2.38. The van der Waals surface area contributed by atoms with Gasteiger partial charge in [0.05, 0.1) is 5.41 Å². The van der Waals surface area contributed by atoms with Crippen LogP contribution in [0.1, 0.15) is 33.3 Å². The molecule has 6 nitrogen and oxygen atoms in total. The van der Waals surface area contributed by atoms with E-state index in [1.807, 2.05) is 0 Å². The second-order valence-electron chi connectivity index (χ2n) is 5.42. The van der Waals surface area contributed by atoms with Crippen LogP contribution in [0.3, 0.4) is 0 Å². The van der Waals surface area contributed by atoms with Gasteiger partial charge in [0.2, 0.25) is 11.8 Å². The maximum absolute atomic E-state index is 11.8. The zero-order valence-electron chi connectivity index (χ0n) is 12.6. The number of carbonyl (C=O) groups is 3. The first-order valence-corrected chi connectivity index (χ1v) is 6.56. The van der Waals surface area contributed by atoms with Crippen LogP contribution in [0.25, 0.3) is 0 Å². The third-order valence-electron chi connectivity index (χ3n) is 3.22. The van der Waals surface area contributed by atoms with E-state index in [0.717, 1.165) is 0 Å². The fourth-order valence-electron chi connectivity index (χ4n) is 1.71. The number of carboxylic acids is 1. The van der Waals surface area contributed by atoms with E-state index >= 15 is 0 Å². The number of rotatable bonds is 5. The molecule has 1 aromatic rings. The standard InChI is InChI=1S/C15H20N2O4/c1-9(16-10(2)18)13(19)17-12-7-5-11(6-8-12)15(3,4)14(20)21/h5-9H,1-4H3,(H,16,18)(H,17,19)(H,20,21). The minimum absolute atomic E-state index is 0.281. The molecule has 2 amide bonds. The van der Waals surface area contributed by atoms with Gasteiger partial charge in [0.1, 0.15) is 6.04 Å². The van der Waals surface area contributed by atoms with Gasteiger partial charge in [-0.25, -0.2) is 0 Å². The average molecular weight is 292 g/mol. The van der Waals surface area contributed by atoms with E-state index in [-0.39, 0.29) is 11.8 Å². The Morgan fingerprint density at radius 1 is 1.14 bits per heavy atom. The van der Waals surface area contributed by atoms with Crippen LogP contribution in [-0.4, -0.2) is 28.9 Å². The summed E-state index contributed by atoms with van der Waals surface area (Å²) in [6.45, 7) is 6.15. The van der Waals surface area contributed by atoms with Crippen LogP contribution in [0.2, 0.25) is 0 Å². The number of hydrogen-bond acceptors (Lipinski definition) is 3. The molecule has 3 N–H and O–H groups in total. The van der Waals surface area contributed by atoms with E-state index in [1.165, 1.54) is 6.92 Å². The van der Waals surface area contributed by atoms with Crippen molar-refractivity contribution in [2.24, 2.45) is 0 Å². The highest BCUT2D eigenvalue weighted by Crippen LogP contribution is 2.24. The van der Waals surface area contributed by atoms with Gasteiger partial charge in [0.15, 0.2) is 0 Å². The van der Waals surface area contributed by atoms with Gasteiger partial charge in [0, 0.05) is 12.6 Å². The van der Waals surface area contributed by atoms with Crippen molar-refractivity contribution >= 4 is 23.5 Å². The van der Waals surface area contributed by atoms with Gasteiger partial charge >= 0.3 is 5.97 Å². The Morgan fingerprint density at radius 3 is 2.10 bits per heavy atom. The van der Waals surface area contributed by atoms with Crippen LogP contribution >= 0.6 is 0 Å². The Bertz CT molecular complexity index is 549. The van der Waals surface area contributed by atoms with E-state index in [0.29, 0.717) is 11.3 Å². The Hall–Kier alpha value is -2.37. The minimum atomic E-state index is -0.994. The lowest BCUT2D eigenvalue weighted by Crippen LogP contribution is -2.40. The Labute approximate surface area is 123 Å². The maximum atomic E-state index is 11.8. The highest BCUT2D eigenvalue weighted by Gasteiger charge is 2.29. The first kappa shape index (κ1) is 16.7. The molecular formula is C15H20N2O4. The van der Waals surface area contributed by atoms with Crippen molar-refractivity contribution in [1.29, 1.82) is 0 Å². The van der Waals surface area contributed by atoms with Crippen LogP contribution in [0.4, 0.5) is 5.69 Å². The van der Waals surface area contributed by atoms with Crippen LogP contribution in [-0.2, 0) is 19.8 Å². The summed E-state index contributed by atoms with van der Waals surface area (Å²) in [5, 5.41) is 14.3. The number of anilines is 1. The zero-order chi connectivity index (χ0) is 16.2. The molecule has 1 unspecified atom stereocenters. The largest absolute Gasteiger partial charge is 0.481 e. The first-order chi connectivity index (χ1) is 9.64. The van der Waals surface area contributed by atoms with Gasteiger partial charge in [-0.2, -0.15) is 0 Å². The van der Waals surface area contributed by atoms with E-state index in [4.69, 9.17) is 5.11 Å². The van der Waals surface area contributed by atoms with Crippen molar-refractivity contribution in [2.75, 3.05) is 5.32 Å². The molecule has 6 heteroatoms. The lowest BCUT2D eigenvalue weighted by Gasteiger charge is -2.20. The molecule has 0 fully saturated rings. The Kier molecular flexibility index (Phi) is 5.07. The molecule has 0 radical (unpaired) electrons. The van der Waals surface area contributed by atoms with E-state index in [1.54, 1.807) is 45.0 Å². The van der Waals surface area contributed by atoms with Crippen LogP contribution < -0.4 is 10.6 Å². The lowest BCUT2D eigenvalue weighted by atomic mass is 9.85. The normalized spacial score (nSPS) is 12.4. The third kappa shape index (κ3) is 4.30. The molecule has 0 saturated carbocycles. The Morgan fingerprint density at radius 2 is 1.67 bits per heavy atom. The number of benzene rings is 1. The molecule has 0 aliphatic rings. The van der Waals surface area contributed by atoms with E-state index in [9.17, 15) is 14.4 Å². The van der Waals surface area contributed by atoms with Crippen molar-refractivity contribution in [1.82, 2.24) is 5.32 Å². The van der Waals surface area contributed by atoms with Gasteiger partial charge < -0.3 is 15.7 Å². The molecule has 0 bridgehead atoms. The molecule has 0 aromatic heterocycles. The molecule has 21 heavy (non-hydrogen) atoms. The second kappa shape index (κ2) is 6.39. The van der Waals surface area contributed by atoms with Gasteiger partial charge in [-0.1, -0.05) is 12.1 Å². The predicted molar refractivity (Wildman–Crippen MR) is 79.0 cm³/mol.